The predicted molar refractivity (Wildman–Crippen MR) is 116 cm³/mol. The maximum Gasteiger partial charge on any atom is 0.340 e. The molecule has 0 amide bonds. The zero-order valence-corrected chi connectivity index (χ0v) is 17.4. The number of carbonyl (C=O) groups is 1. The van der Waals surface area contributed by atoms with Gasteiger partial charge in [-0.2, -0.15) is 5.10 Å². The average molecular weight is 424 g/mol. The fourth-order valence-corrected chi connectivity index (χ4v) is 3.81. The molecule has 7 nitrogen and oxygen atoms in total. The van der Waals surface area contributed by atoms with E-state index in [1.807, 2.05) is 22.9 Å². The van der Waals surface area contributed by atoms with Gasteiger partial charge in [0.05, 0.1) is 30.4 Å². The molecule has 0 saturated carbocycles. The van der Waals surface area contributed by atoms with E-state index in [4.69, 9.17) is 27.2 Å². The number of likely N-dealkylation sites (tertiary alicyclic amines) is 1. The summed E-state index contributed by atoms with van der Waals surface area (Å²) in [6, 6.07) is 7.19. The van der Waals surface area contributed by atoms with Gasteiger partial charge in [-0.1, -0.05) is 11.6 Å². The highest BCUT2D eigenvalue weighted by Gasteiger charge is 2.15. The third-order valence-electron chi connectivity index (χ3n) is 5.23. The van der Waals surface area contributed by atoms with E-state index in [1.165, 1.54) is 32.2 Å². The molecule has 1 aliphatic heterocycles. The van der Waals surface area contributed by atoms with Gasteiger partial charge in [-0.3, -0.25) is 4.68 Å². The minimum absolute atomic E-state index is 0.188. The van der Waals surface area contributed by atoms with E-state index in [1.54, 1.807) is 0 Å². The number of hydrogen-bond acceptors (Lipinski definition) is 6. The van der Waals surface area contributed by atoms with Gasteiger partial charge in [-0.05, 0) is 62.0 Å². The largest absolute Gasteiger partial charge is 0.465 e. The summed E-state index contributed by atoms with van der Waals surface area (Å²) in [6.45, 7) is 4.00. The Morgan fingerprint density at radius 3 is 2.73 bits per heavy atom. The summed E-state index contributed by atoms with van der Waals surface area (Å²) in [4.78, 5) is 18.5. The number of ether oxygens (including phenoxy) is 1. The van der Waals surface area contributed by atoms with Crippen LogP contribution in [0.25, 0.3) is 10.9 Å². The summed E-state index contributed by atoms with van der Waals surface area (Å²) in [7, 11) is 1.30. The fourth-order valence-electron chi connectivity index (χ4n) is 3.64. The van der Waals surface area contributed by atoms with Crippen LogP contribution in [0.1, 0.15) is 34.6 Å². The maximum absolute atomic E-state index is 11.8. The molecule has 8 heteroatoms. The first-order valence-corrected chi connectivity index (χ1v) is 10.2. The number of nitrogens with zero attached hydrogens (tertiary/aromatic N) is 4. The summed E-state index contributed by atoms with van der Waals surface area (Å²) < 4.78 is 6.72. The number of esters is 1. The molecule has 0 bridgehead atoms. The van der Waals surface area contributed by atoms with Crippen LogP contribution in [-0.4, -0.2) is 52.4 Å². The van der Waals surface area contributed by atoms with E-state index in [9.17, 15) is 4.79 Å². The van der Waals surface area contributed by atoms with E-state index in [2.05, 4.69) is 21.7 Å². The van der Waals surface area contributed by atoms with Crippen LogP contribution in [0.4, 0.5) is 5.69 Å². The van der Waals surface area contributed by atoms with Gasteiger partial charge < -0.3 is 15.4 Å². The number of rotatable bonds is 4. The van der Waals surface area contributed by atoms with Crippen LogP contribution in [0.3, 0.4) is 0 Å². The quantitative estimate of drug-likeness (QED) is 0.513. The lowest BCUT2D eigenvalue weighted by Gasteiger charge is -2.14. The fraction of sp³-hybridized carbons (Fsp3) is 0.318. The predicted octanol–water partition coefficient (Wildman–Crippen LogP) is 2.95. The zero-order chi connectivity index (χ0) is 21.1. The first-order chi connectivity index (χ1) is 14.6. The molecular weight excluding hydrogens is 402 g/mol. The van der Waals surface area contributed by atoms with Crippen LogP contribution >= 0.6 is 11.6 Å². The molecule has 2 N–H and O–H groups in total. The van der Waals surface area contributed by atoms with Gasteiger partial charge in [0.1, 0.15) is 11.4 Å². The third kappa shape index (κ3) is 4.11. The Hall–Kier alpha value is -3.08. The first-order valence-electron chi connectivity index (χ1n) is 9.80. The Balaban J connectivity index is 1.68. The molecular formula is C22H22ClN5O2. The SMILES string of the molecule is COC(=O)c1ccnc(C#Cc2nn(CCN3CCCC3)c3ccc(Cl)cc23)c1N. The van der Waals surface area contributed by atoms with E-state index >= 15 is 0 Å². The molecule has 0 aliphatic carbocycles. The number of benzene rings is 1. The van der Waals surface area contributed by atoms with Gasteiger partial charge in [-0.25, -0.2) is 9.78 Å². The molecule has 4 rings (SSSR count). The smallest absolute Gasteiger partial charge is 0.340 e. The monoisotopic (exact) mass is 423 g/mol. The zero-order valence-electron chi connectivity index (χ0n) is 16.7. The topological polar surface area (TPSA) is 86.3 Å². The Morgan fingerprint density at radius 1 is 1.20 bits per heavy atom. The van der Waals surface area contributed by atoms with E-state index in [0.29, 0.717) is 16.4 Å². The van der Waals surface area contributed by atoms with Crippen LogP contribution < -0.4 is 5.73 Å². The highest BCUT2D eigenvalue weighted by atomic mass is 35.5. The van der Waals surface area contributed by atoms with E-state index in [0.717, 1.165) is 37.1 Å². The molecule has 2 aromatic heterocycles. The summed E-state index contributed by atoms with van der Waals surface area (Å²) in [5.41, 5.74) is 8.37. The lowest BCUT2D eigenvalue weighted by Crippen LogP contribution is -2.24. The molecule has 0 radical (unpaired) electrons. The normalized spacial score (nSPS) is 13.9. The van der Waals surface area contributed by atoms with Gasteiger partial charge >= 0.3 is 5.97 Å². The van der Waals surface area contributed by atoms with E-state index < -0.39 is 5.97 Å². The number of carbonyl (C=O) groups excluding carboxylic acids is 1. The molecule has 3 heterocycles. The maximum atomic E-state index is 11.8. The second kappa shape index (κ2) is 8.74. The molecule has 30 heavy (non-hydrogen) atoms. The average Bonchev–Trinajstić information content (AvgIpc) is 3.38. The third-order valence-corrected chi connectivity index (χ3v) is 5.47. The van der Waals surface area contributed by atoms with Gasteiger partial charge in [0, 0.05) is 23.2 Å². The molecule has 3 aromatic rings. The van der Waals surface area contributed by atoms with Crippen molar-refractivity contribution in [2.24, 2.45) is 0 Å². The molecule has 0 unspecified atom stereocenters. The number of hydrogen-bond donors (Lipinski definition) is 1. The van der Waals surface area contributed by atoms with Crippen LogP contribution in [0, 0.1) is 11.8 Å². The number of aromatic nitrogens is 3. The Bertz CT molecular complexity index is 1160. The van der Waals surface area contributed by atoms with Crippen molar-refractivity contribution in [1.82, 2.24) is 19.7 Å². The minimum Gasteiger partial charge on any atom is -0.465 e. The molecule has 1 aliphatic rings. The van der Waals surface area contributed by atoms with Gasteiger partial charge in [0.15, 0.2) is 0 Å². The molecule has 1 fully saturated rings. The second-order valence-electron chi connectivity index (χ2n) is 7.14. The molecule has 0 atom stereocenters. The van der Waals surface area contributed by atoms with Crippen molar-refractivity contribution in [1.29, 1.82) is 0 Å². The summed E-state index contributed by atoms with van der Waals surface area (Å²) in [5, 5.41) is 6.20. The highest BCUT2D eigenvalue weighted by Crippen LogP contribution is 2.23. The van der Waals surface area contributed by atoms with Crippen molar-refractivity contribution in [3.63, 3.8) is 0 Å². The van der Waals surface area contributed by atoms with Gasteiger partial charge in [0.25, 0.3) is 0 Å². The van der Waals surface area contributed by atoms with Crippen molar-refractivity contribution in [2.75, 3.05) is 32.5 Å². The lowest BCUT2D eigenvalue weighted by atomic mass is 10.1. The molecule has 1 saturated heterocycles. The standard InChI is InChI=1S/C22H22ClN5O2/c1-30-22(29)16-8-9-25-19(21(16)24)6-5-18-17-14-15(23)4-7-20(17)28(26-18)13-12-27-10-2-3-11-27/h4,7-9,14H,2-3,10-13,24H2,1H3. The Kier molecular flexibility index (Phi) is 5.88. The minimum atomic E-state index is -0.527. The number of methoxy groups -OCH3 is 1. The van der Waals surface area contributed by atoms with Crippen molar-refractivity contribution in [3.05, 3.63) is 52.4 Å². The van der Waals surface area contributed by atoms with Crippen LogP contribution in [0.2, 0.25) is 5.02 Å². The number of pyridine rings is 1. The van der Waals surface area contributed by atoms with E-state index in [-0.39, 0.29) is 11.3 Å². The van der Waals surface area contributed by atoms with Crippen molar-refractivity contribution < 1.29 is 9.53 Å². The number of anilines is 1. The van der Waals surface area contributed by atoms with Crippen LogP contribution in [0.5, 0.6) is 0 Å². The van der Waals surface area contributed by atoms with Gasteiger partial charge in [-0.15, -0.1) is 0 Å². The number of nitrogens with two attached hydrogens (primary N) is 1. The number of halogens is 1. The van der Waals surface area contributed by atoms with Crippen LogP contribution in [-0.2, 0) is 11.3 Å². The lowest BCUT2D eigenvalue weighted by molar-refractivity contribution is 0.0602. The summed E-state index contributed by atoms with van der Waals surface area (Å²) in [6.07, 6.45) is 3.99. The summed E-state index contributed by atoms with van der Waals surface area (Å²) >= 11 is 6.22. The second-order valence-corrected chi connectivity index (χ2v) is 7.58. The van der Waals surface area contributed by atoms with Gasteiger partial charge in [0.2, 0.25) is 0 Å². The first kappa shape index (κ1) is 20.2. The highest BCUT2D eigenvalue weighted by molar-refractivity contribution is 6.31. The summed E-state index contributed by atoms with van der Waals surface area (Å²) in [5.74, 6) is 5.48. The van der Waals surface area contributed by atoms with Crippen molar-refractivity contribution in [2.45, 2.75) is 19.4 Å². The van der Waals surface area contributed by atoms with Crippen LogP contribution in [0.15, 0.2) is 30.5 Å². The molecule has 1 aromatic carbocycles. The number of nitrogen functional groups attached to an aromatic ring is 1. The molecule has 154 valence electrons. The van der Waals surface area contributed by atoms with Crippen molar-refractivity contribution >= 4 is 34.2 Å². The molecule has 0 spiro atoms. The Morgan fingerprint density at radius 2 is 1.97 bits per heavy atom. The van der Waals surface area contributed by atoms with Crippen molar-refractivity contribution in [3.8, 4) is 11.8 Å². The number of fused-ring (bicyclic) bond motifs is 1. The Labute approximate surface area is 179 Å².